The Hall–Kier alpha value is -0.385. The molecule has 0 aromatic rings. The van der Waals surface area contributed by atoms with Gasteiger partial charge in [-0.3, -0.25) is 9.59 Å². The van der Waals surface area contributed by atoms with E-state index in [1.165, 1.54) is 23.0 Å². The van der Waals surface area contributed by atoms with Crippen molar-refractivity contribution < 1.29 is 27.4 Å². The molecule has 9 heteroatoms. The lowest BCUT2D eigenvalue weighted by molar-refractivity contribution is -0.144. The molecule has 0 spiro atoms. The highest BCUT2D eigenvalue weighted by Gasteiger charge is 2.18. The average molecular weight is 291 g/mol. The van der Waals surface area contributed by atoms with Crippen LogP contribution in [0.5, 0.6) is 0 Å². The second kappa shape index (κ2) is 7.27. The Kier molecular flexibility index (Phi) is 8.58. The van der Waals surface area contributed by atoms with Crippen molar-refractivity contribution in [2.45, 2.75) is 6.42 Å². The van der Waals surface area contributed by atoms with Crippen LogP contribution in [0.2, 0.25) is 0 Å². The summed E-state index contributed by atoms with van der Waals surface area (Å²) in [7, 11) is -2.19. The van der Waals surface area contributed by atoms with Crippen LogP contribution >= 0.6 is 23.0 Å². The van der Waals surface area contributed by atoms with Crippen molar-refractivity contribution in [3.05, 3.63) is 0 Å². The first-order valence-corrected chi connectivity index (χ1v) is 3.31. The molecule has 0 atom stereocenters. The van der Waals surface area contributed by atoms with Gasteiger partial charge in [0.25, 0.3) is 0 Å². The Morgan fingerprint density at radius 2 is 1.83 bits per heavy atom. The van der Waals surface area contributed by atoms with Crippen molar-refractivity contribution in [1.29, 1.82) is 0 Å². The van der Waals surface area contributed by atoms with Crippen molar-refractivity contribution in [1.82, 2.24) is 6.15 Å². The molecule has 0 aliphatic carbocycles. The van der Waals surface area contributed by atoms with Gasteiger partial charge >= 0.3 is 19.3 Å². The van der Waals surface area contributed by atoms with Crippen molar-refractivity contribution in [3.8, 4) is 0 Å². The summed E-state index contributed by atoms with van der Waals surface area (Å²) in [6, 6.07) is 0. The van der Waals surface area contributed by atoms with E-state index in [0.717, 1.165) is 0 Å². The number of carbonyl (C=O) groups is 2. The molecule has 12 heavy (non-hydrogen) atoms. The molecule has 0 aromatic carbocycles. The second-order valence-corrected chi connectivity index (χ2v) is 1.88. The van der Waals surface area contributed by atoms with Gasteiger partial charge in [-0.15, -0.1) is 0 Å². The summed E-state index contributed by atoms with van der Waals surface area (Å²) in [6.07, 6.45) is -0.638. The van der Waals surface area contributed by atoms with Crippen LogP contribution in [0.25, 0.3) is 0 Å². The van der Waals surface area contributed by atoms with Gasteiger partial charge in [0.1, 0.15) is 6.42 Å². The molecule has 0 saturated heterocycles. The zero-order chi connectivity index (χ0) is 8.85. The van der Waals surface area contributed by atoms with E-state index >= 15 is 0 Å². The molecule has 0 unspecified atom stereocenters. The highest BCUT2D eigenvalue weighted by Crippen LogP contribution is 1.94. The van der Waals surface area contributed by atoms with E-state index in [4.69, 9.17) is 10.0 Å². The molecule has 0 amide bonds. The van der Waals surface area contributed by atoms with E-state index < -0.39 is 25.7 Å². The maximum absolute atomic E-state index is 10.4. The Labute approximate surface area is 82.5 Å². The normalized spacial score (nSPS) is 7.92. The third-order valence-electron chi connectivity index (χ3n) is 0.612. The third kappa shape index (κ3) is 7.72. The molecule has 0 saturated carbocycles. The topological polar surface area (TPSA) is 128 Å². The molecule has 0 heterocycles. The van der Waals surface area contributed by atoms with Crippen LogP contribution in [0.3, 0.4) is 0 Å². The van der Waals surface area contributed by atoms with E-state index in [-0.39, 0.29) is 6.15 Å². The summed E-state index contributed by atoms with van der Waals surface area (Å²) < 4.78 is 7.86. The van der Waals surface area contributed by atoms with Gasteiger partial charge in [0, 0.05) is 0 Å². The van der Waals surface area contributed by atoms with Gasteiger partial charge in [0.15, 0.2) is 23.0 Å². The van der Waals surface area contributed by atoms with E-state index in [1.54, 1.807) is 0 Å². The minimum absolute atomic E-state index is 0. The Balaban J connectivity index is 0. The third-order valence-corrected chi connectivity index (χ3v) is 1.10. The van der Waals surface area contributed by atoms with Crippen molar-refractivity contribution in [2.24, 2.45) is 0 Å². The van der Waals surface area contributed by atoms with Crippen LogP contribution in [0.15, 0.2) is 0 Å². The van der Waals surface area contributed by atoms with Crippen LogP contribution in [0.1, 0.15) is 6.42 Å². The van der Waals surface area contributed by atoms with Gasteiger partial charge in [-0.05, 0) is 0 Å². The largest absolute Gasteiger partial charge is 0.709 e. The first kappa shape index (κ1) is 14.2. The Bertz CT molecular complexity index is 163. The van der Waals surface area contributed by atoms with Crippen LogP contribution in [0, 0.1) is 0 Å². The highest BCUT2D eigenvalue weighted by molar-refractivity contribution is 14.1. The summed E-state index contributed by atoms with van der Waals surface area (Å²) in [6.45, 7) is 0. The smallest absolute Gasteiger partial charge is 0.485 e. The van der Waals surface area contributed by atoms with E-state index in [0.29, 0.717) is 0 Å². The van der Waals surface area contributed by atoms with E-state index in [9.17, 15) is 9.59 Å². The molecule has 0 fully saturated rings. The lowest BCUT2D eigenvalue weighted by atomic mass is 10.2. The first-order valence-electron chi connectivity index (χ1n) is 2.43. The van der Waals surface area contributed by atoms with Crippen LogP contribution in [0.4, 0.5) is 0 Å². The van der Waals surface area contributed by atoms with Gasteiger partial charge in [-0.2, -0.15) is 0 Å². The molecular weight excluding hydrogens is 284 g/mol. The summed E-state index contributed by atoms with van der Waals surface area (Å²) in [5.74, 6) is -1.86. The number of carbonyl (C=O) groups excluding carboxylic acids is 2. The SMILES string of the molecule is N.O=C(CC(=O)OB(O)O)OI. The van der Waals surface area contributed by atoms with Gasteiger partial charge in [-0.25, -0.2) is 0 Å². The number of rotatable bonds is 3. The maximum atomic E-state index is 10.4. The molecule has 5 N–H and O–H groups in total. The van der Waals surface area contributed by atoms with Crippen LogP contribution in [-0.4, -0.2) is 29.3 Å². The van der Waals surface area contributed by atoms with Crippen LogP contribution < -0.4 is 6.15 Å². The molecule has 70 valence electrons. The zero-order valence-corrected chi connectivity index (χ0v) is 8.05. The van der Waals surface area contributed by atoms with Gasteiger partial charge in [-0.1, -0.05) is 0 Å². The number of hydrogen-bond acceptors (Lipinski definition) is 7. The maximum Gasteiger partial charge on any atom is 0.709 e. The van der Waals surface area contributed by atoms with Gasteiger partial charge < -0.3 is 23.9 Å². The van der Waals surface area contributed by atoms with E-state index in [1.807, 2.05) is 0 Å². The van der Waals surface area contributed by atoms with Crippen LogP contribution in [-0.2, 0) is 17.3 Å². The predicted octanol–water partition coefficient (Wildman–Crippen LogP) is -1.06. The molecule has 7 nitrogen and oxygen atoms in total. The Morgan fingerprint density at radius 1 is 1.33 bits per heavy atom. The predicted molar refractivity (Wildman–Crippen MR) is 46.0 cm³/mol. The zero-order valence-electron chi connectivity index (χ0n) is 5.90. The lowest BCUT2D eigenvalue weighted by Gasteiger charge is -1.99. The second-order valence-electron chi connectivity index (χ2n) is 1.44. The number of halogens is 1. The van der Waals surface area contributed by atoms with Crippen molar-refractivity contribution >= 4 is 42.3 Å². The monoisotopic (exact) mass is 291 g/mol. The summed E-state index contributed by atoms with van der Waals surface area (Å²) in [5.41, 5.74) is 0. The fourth-order valence-electron chi connectivity index (χ4n) is 0.304. The average Bonchev–Trinajstić information content (AvgIpc) is 1.85. The van der Waals surface area contributed by atoms with Gasteiger partial charge in [0.05, 0.1) is 0 Å². The fourth-order valence-corrected chi connectivity index (χ4v) is 0.460. The molecule has 0 bridgehead atoms. The summed E-state index contributed by atoms with van der Waals surface area (Å²) >= 11 is 1.30. The quantitative estimate of drug-likeness (QED) is 0.343. The summed E-state index contributed by atoms with van der Waals surface area (Å²) in [5, 5.41) is 16.1. The molecule has 0 aliphatic rings. The minimum Gasteiger partial charge on any atom is -0.485 e. The standard InChI is InChI=1S/C3H4BIO6.H3N/c5-11-3(7)1-2(6)10-4(8)9;/h8-9H,1H2;1H3. The van der Waals surface area contributed by atoms with Crippen molar-refractivity contribution in [3.63, 3.8) is 0 Å². The Morgan fingerprint density at radius 3 is 2.17 bits per heavy atom. The first-order chi connectivity index (χ1) is 5.06. The minimum atomic E-state index is -2.19. The fraction of sp³-hybridized carbons (Fsp3) is 0.333. The molecule has 0 aliphatic heterocycles. The number of hydrogen-bond donors (Lipinski definition) is 3. The molecule has 0 rings (SSSR count). The van der Waals surface area contributed by atoms with Crippen molar-refractivity contribution in [2.75, 3.05) is 0 Å². The highest BCUT2D eigenvalue weighted by atomic mass is 127. The summed E-state index contributed by atoms with van der Waals surface area (Å²) in [4.78, 5) is 20.7. The molecular formula is C3H7BINO6. The lowest BCUT2D eigenvalue weighted by Crippen LogP contribution is -2.23. The molecule has 0 radical (unpaired) electrons. The van der Waals surface area contributed by atoms with E-state index in [2.05, 4.69) is 7.72 Å². The van der Waals surface area contributed by atoms with Gasteiger partial charge in [0.2, 0.25) is 0 Å². The molecule has 0 aromatic heterocycles.